The Morgan fingerprint density at radius 2 is 1.79 bits per heavy atom. The van der Waals surface area contributed by atoms with E-state index in [9.17, 15) is 9.59 Å². The second-order valence-electron chi connectivity index (χ2n) is 8.23. The highest BCUT2D eigenvalue weighted by Crippen LogP contribution is 2.30. The Bertz CT molecular complexity index is 1180. The van der Waals surface area contributed by atoms with E-state index in [4.69, 9.17) is 16.3 Å². The third-order valence-corrected chi connectivity index (χ3v) is 6.17. The van der Waals surface area contributed by atoms with Crippen molar-refractivity contribution in [2.75, 3.05) is 50.1 Å². The fourth-order valence-corrected chi connectivity index (χ4v) is 4.13. The monoisotopic (exact) mass is 481 g/mol. The van der Waals surface area contributed by atoms with Crippen molar-refractivity contribution in [1.82, 2.24) is 14.7 Å². The predicted octanol–water partition coefficient (Wildman–Crippen LogP) is 4.01. The van der Waals surface area contributed by atoms with Gasteiger partial charge in [-0.25, -0.2) is 9.48 Å². The Balaban J connectivity index is 1.51. The van der Waals surface area contributed by atoms with Gasteiger partial charge >= 0.3 is 5.97 Å². The van der Waals surface area contributed by atoms with Crippen LogP contribution in [0.4, 0.5) is 11.4 Å². The molecule has 1 fully saturated rings. The van der Waals surface area contributed by atoms with Gasteiger partial charge in [0, 0.05) is 36.8 Å². The van der Waals surface area contributed by atoms with Crippen molar-refractivity contribution < 1.29 is 14.3 Å². The highest BCUT2D eigenvalue weighted by Gasteiger charge is 2.20. The zero-order valence-corrected chi connectivity index (χ0v) is 20.3. The van der Waals surface area contributed by atoms with E-state index in [2.05, 4.69) is 27.3 Å². The number of anilines is 2. The lowest BCUT2D eigenvalue weighted by atomic mass is 10.1. The second-order valence-corrected chi connectivity index (χ2v) is 8.67. The van der Waals surface area contributed by atoms with Crippen LogP contribution < -0.4 is 10.2 Å². The number of hydrogen-bond donors (Lipinski definition) is 1. The van der Waals surface area contributed by atoms with Gasteiger partial charge in [0.15, 0.2) is 0 Å². The average Bonchev–Trinajstić information content (AvgIpc) is 3.21. The van der Waals surface area contributed by atoms with Crippen LogP contribution in [0.1, 0.15) is 33.3 Å². The molecule has 3 aromatic rings. The summed E-state index contributed by atoms with van der Waals surface area (Å²) in [6.07, 6.45) is 1.49. The minimum absolute atomic E-state index is 0.228. The summed E-state index contributed by atoms with van der Waals surface area (Å²) in [5.74, 6) is -0.631. The van der Waals surface area contributed by atoms with E-state index in [1.807, 2.05) is 12.1 Å². The molecule has 1 N–H and O–H groups in total. The molecule has 0 bridgehead atoms. The maximum Gasteiger partial charge on any atom is 0.341 e. The van der Waals surface area contributed by atoms with Crippen LogP contribution in [0.3, 0.4) is 0 Å². The lowest BCUT2D eigenvalue weighted by Crippen LogP contribution is -2.44. The molecule has 2 heterocycles. The number of esters is 1. The highest BCUT2D eigenvalue weighted by molar-refractivity contribution is 6.31. The van der Waals surface area contributed by atoms with Crippen LogP contribution in [0.15, 0.2) is 48.7 Å². The molecule has 8 nitrogen and oxygen atoms in total. The topological polar surface area (TPSA) is 79.7 Å². The number of ether oxygens (including phenoxy) is 1. The Kier molecular flexibility index (Phi) is 7.19. The Hall–Kier alpha value is -3.36. The first-order valence-electron chi connectivity index (χ1n) is 11.2. The largest absolute Gasteiger partial charge is 0.462 e. The second kappa shape index (κ2) is 10.3. The van der Waals surface area contributed by atoms with E-state index in [0.29, 0.717) is 34.1 Å². The summed E-state index contributed by atoms with van der Waals surface area (Å²) in [5.41, 5.74) is 3.98. The minimum Gasteiger partial charge on any atom is -0.462 e. The molecule has 1 aliphatic rings. The van der Waals surface area contributed by atoms with Gasteiger partial charge in [0.2, 0.25) is 0 Å². The number of rotatable bonds is 6. The van der Waals surface area contributed by atoms with Crippen LogP contribution in [-0.2, 0) is 4.74 Å². The first-order chi connectivity index (χ1) is 16.4. The number of nitrogens with one attached hydrogen (secondary N) is 1. The molecule has 0 unspecified atom stereocenters. The van der Waals surface area contributed by atoms with Crippen molar-refractivity contribution in [3.63, 3.8) is 0 Å². The molecule has 0 atom stereocenters. The summed E-state index contributed by atoms with van der Waals surface area (Å²) < 4.78 is 6.72. The third kappa shape index (κ3) is 5.08. The molecule has 0 aliphatic carbocycles. The van der Waals surface area contributed by atoms with Crippen LogP contribution >= 0.6 is 11.6 Å². The number of piperazine rings is 1. The first kappa shape index (κ1) is 23.8. The lowest BCUT2D eigenvalue weighted by Gasteiger charge is -2.35. The van der Waals surface area contributed by atoms with Crippen molar-refractivity contribution >= 4 is 34.9 Å². The van der Waals surface area contributed by atoms with E-state index in [1.54, 1.807) is 48.9 Å². The zero-order valence-electron chi connectivity index (χ0n) is 19.5. The SMILES string of the molecule is CCOC(=O)c1cnn(-c2ccc(C(=O)Nc3cc(Cl)ccc3N3CCN(C)CC3)cc2)c1C. The number of likely N-dealkylation sites (N-methyl/N-ethyl adjacent to an activating group) is 1. The molecule has 34 heavy (non-hydrogen) atoms. The fraction of sp³-hybridized carbons (Fsp3) is 0.320. The molecule has 1 aromatic heterocycles. The standard InChI is InChI=1S/C25H28ClN5O3/c1-4-34-25(33)21-16-27-31(17(21)2)20-8-5-18(6-9-20)24(32)28-22-15-19(26)7-10-23(22)30-13-11-29(3)12-14-30/h5-10,15-16H,4,11-14H2,1-3H3,(H,28,32). The molecule has 178 valence electrons. The van der Waals surface area contributed by atoms with E-state index in [-0.39, 0.29) is 5.91 Å². The molecule has 2 aromatic carbocycles. The van der Waals surface area contributed by atoms with Gasteiger partial charge in [0.1, 0.15) is 5.56 Å². The summed E-state index contributed by atoms with van der Waals surface area (Å²) in [6, 6.07) is 12.6. The van der Waals surface area contributed by atoms with Crippen molar-refractivity contribution in [1.29, 1.82) is 0 Å². The zero-order chi connectivity index (χ0) is 24.2. The third-order valence-electron chi connectivity index (χ3n) is 5.93. The van der Waals surface area contributed by atoms with E-state index in [0.717, 1.165) is 37.6 Å². The highest BCUT2D eigenvalue weighted by atomic mass is 35.5. The molecule has 1 aliphatic heterocycles. The molecule has 1 saturated heterocycles. The summed E-state index contributed by atoms with van der Waals surface area (Å²) >= 11 is 6.24. The van der Waals surface area contributed by atoms with Gasteiger partial charge in [0.05, 0.1) is 35.6 Å². The molecule has 9 heteroatoms. The predicted molar refractivity (Wildman–Crippen MR) is 133 cm³/mol. The summed E-state index contributed by atoms with van der Waals surface area (Å²) in [7, 11) is 2.11. The number of carbonyl (C=O) groups is 2. The van der Waals surface area contributed by atoms with E-state index >= 15 is 0 Å². The molecular weight excluding hydrogens is 454 g/mol. The smallest absolute Gasteiger partial charge is 0.341 e. The van der Waals surface area contributed by atoms with Gasteiger partial charge in [-0.2, -0.15) is 5.10 Å². The average molecular weight is 482 g/mol. The number of carbonyl (C=O) groups excluding carboxylic acids is 2. The van der Waals surface area contributed by atoms with Crippen LogP contribution in [0.5, 0.6) is 0 Å². The molecular formula is C25H28ClN5O3. The van der Waals surface area contributed by atoms with Gasteiger partial charge in [-0.3, -0.25) is 4.79 Å². The van der Waals surface area contributed by atoms with Crippen LogP contribution in [-0.4, -0.2) is 66.4 Å². The maximum absolute atomic E-state index is 13.0. The summed E-state index contributed by atoms with van der Waals surface area (Å²) in [5, 5.41) is 7.88. The first-order valence-corrected chi connectivity index (χ1v) is 11.6. The number of benzene rings is 2. The van der Waals surface area contributed by atoms with Crippen molar-refractivity contribution in [2.24, 2.45) is 0 Å². The number of nitrogens with zero attached hydrogens (tertiary/aromatic N) is 4. The molecule has 0 spiro atoms. The van der Waals surface area contributed by atoms with Gasteiger partial charge in [-0.1, -0.05) is 11.6 Å². The van der Waals surface area contributed by atoms with Gasteiger partial charge in [-0.15, -0.1) is 0 Å². The summed E-state index contributed by atoms with van der Waals surface area (Å²) in [4.78, 5) is 29.6. The Morgan fingerprint density at radius 3 is 2.47 bits per heavy atom. The van der Waals surface area contributed by atoms with Crippen molar-refractivity contribution in [3.8, 4) is 5.69 Å². The quantitative estimate of drug-likeness (QED) is 0.536. The van der Waals surface area contributed by atoms with Crippen LogP contribution in [0, 0.1) is 6.92 Å². The maximum atomic E-state index is 13.0. The van der Waals surface area contributed by atoms with Crippen molar-refractivity contribution in [3.05, 3.63) is 70.5 Å². The van der Waals surface area contributed by atoms with Crippen LogP contribution in [0.25, 0.3) is 5.69 Å². The Morgan fingerprint density at radius 1 is 1.09 bits per heavy atom. The molecule has 0 saturated carbocycles. The van der Waals surface area contributed by atoms with Gasteiger partial charge in [-0.05, 0) is 63.4 Å². The number of halogens is 1. The van der Waals surface area contributed by atoms with Crippen molar-refractivity contribution in [2.45, 2.75) is 13.8 Å². The van der Waals surface area contributed by atoms with Crippen LogP contribution in [0.2, 0.25) is 5.02 Å². The minimum atomic E-state index is -0.403. The lowest BCUT2D eigenvalue weighted by molar-refractivity contribution is 0.0525. The molecule has 1 amide bonds. The summed E-state index contributed by atoms with van der Waals surface area (Å²) in [6.45, 7) is 7.55. The molecule has 4 rings (SSSR count). The normalized spacial score (nSPS) is 14.2. The number of amides is 1. The number of hydrogen-bond acceptors (Lipinski definition) is 6. The van der Waals surface area contributed by atoms with Gasteiger partial charge < -0.3 is 19.9 Å². The molecule has 0 radical (unpaired) electrons. The van der Waals surface area contributed by atoms with Gasteiger partial charge in [0.25, 0.3) is 5.91 Å². The fourth-order valence-electron chi connectivity index (χ4n) is 3.96. The Labute approximate surface area is 204 Å². The van der Waals surface area contributed by atoms with E-state index < -0.39 is 5.97 Å². The van der Waals surface area contributed by atoms with E-state index in [1.165, 1.54) is 6.20 Å². The number of aromatic nitrogens is 2.